The predicted molar refractivity (Wildman–Crippen MR) is 82.8 cm³/mol. The summed E-state index contributed by atoms with van der Waals surface area (Å²) in [5, 5.41) is 3.28. The zero-order valence-corrected chi connectivity index (χ0v) is 13.1. The first-order valence-electron chi connectivity index (χ1n) is 7.35. The highest BCUT2D eigenvalue weighted by molar-refractivity contribution is 5.55. The molecule has 1 N–H and O–H groups in total. The number of hydrogen-bond acceptors (Lipinski definition) is 3. The van der Waals surface area contributed by atoms with Gasteiger partial charge >= 0.3 is 0 Å². The zero-order chi connectivity index (χ0) is 15.0. The smallest absolute Gasteiger partial charge is 0.129 e. The summed E-state index contributed by atoms with van der Waals surface area (Å²) in [7, 11) is 1.69. The molecule has 114 valence electrons. The second-order valence-electron chi connectivity index (χ2n) is 5.19. The van der Waals surface area contributed by atoms with Crippen molar-refractivity contribution in [1.82, 2.24) is 5.32 Å². The van der Waals surface area contributed by atoms with Gasteiger partial charge < -0.3 is 15.0 Å². The van der Waals surface area contributed by atoms with Crippen LogP contribution in [-0.2, 0) is 11.3 Å². The van der Waals surface area contributed by atoms with Crippen molar-refractivity contribution in [3.63, 3.8) is 0 Å². The minimum atomic E-state index is -0.144. The van der Waals surface area contributed by atoms with Gasteiger partial charge in [0, 0.05) is 37.5 Å². The molecule has 0 heterocycles. The van der Waals surface area contributed by atoms with Crippen LogP contribution >= 0.6 is 0 Å². The molecule has 0 aliphatic carbocycles. The average molecular weight is 282 g/mol. The van der Waals surface area contributed by atoms with Gasteiger partial charge in [0.2, 0.25) is 0 Å². The summed E-state index contributed by atoms with van der Waals surface area (Å²) in [5.74, 6) is -0.144. The van der Waals surface area contributed by atoms with E-state index in [1.807, 2.05) is 6.07 Å². The van der Waals surface area contributed by atoms with Crippen LogP contribution in [0.2, 0.25) is 0 Å². The molecule has 0 saturated heterocycles. The molecule has 0 aliphatic heterocycles. The maximum absolute atomic E-state index is 14.1. The average Bonchev–Trinajstić information content (AvgIpc) is 2.41. The van der Waals surface area contributed by atoms with Crippen LogP contribution in [-0.4, -0.2) is 32.8 Å². The third-order valence-corrected chi connectivity index (χ3v) is 3.29. The van der Waals surface area contributed by atoms with Crippen LogP contribution in [0.1, 0.15) is 32.8 Å². The Labute approximate surface area is 122 Å². The van der Waals surface area contributed by atoms with E-state index in [0.717, 1.165) is 30.8 Å². The summed E-state index contributed by atoms with van der Waals surface area (Å²) in [5.41, 5.74) is 1.70. The fourth-order valence-electron chi connectivity index (χ4n) is 2.23. The third-order valence-electron chi connectivity index (χ3n) is 3.29. The van der Waals surface area contributed by atoms with Crippen LogP contribution in [0.5, 0.6) is 0 Å². The van der Waals surface area contributed by atoms with Crippen molar-refractivity contribution in [3.8, 4) is 0 Å². The van der Waals surface area contributed by atoms with Crippen LogP contribution < -0.4 is 10.2 Å². The van der Waals surface area contributed by atoms with Crippen LogP contribution in [0.3, 0.4) is 0 Å². The van der Waals surface area contributed by atoms with Crippen LogP contribution in [0.15, 0.2) is 18.2 Å². The monoisotopic (exact) mass is 282 g/mol. The van der Waals surface area contributed by atoms with Crippen molar-refractivity contribution in [3.05, 3.63) is 29.6 Å². The number of methoxy groups -OCH3 is 1. The number of benzene rings is 1. The van der Waals surface area contributed by atoms with Crippen molar-refractivity contribution in [1.29, 1.82) is 0 Å². The van der Waals surface area contributed by atoms with E-state index >= 15 is 0 Å². The van der Waals surface area contributed by atoms with Crippen molar-refractivity contribution >= 4 is 5.69 Å². The lowest BCUT2D eigenvalue weighted by Crippen LogP contribution is -2.35. The summed E-state index contributed by atoms with van der Waals surface area (Å²) in [4.78, 5) is 2.19. The van der Waals surface area contributed by atoms with E-state index in [-0.39, 0.29) is 5.82 Å². The van der Waals surface area contributed by atoms with Gasteiger partial charge in [-0.1, -0.05) is 13.0 Å². The molecule has 3 nitrogen and oxygen atoms in total. The molecule has 0 spiro atoms. The molecule has 1 aromatic carbocycles. The summed E-state index contributed by atoms with van der Waals surface area (Å²) >= 11 is 0. The Morgan fingerprint density at radius 3 is 2.70 bits per heavy atom. The number of anilines is 1. The number of nitrogens with one attached hydrogen (secondary N) is 1. The predicted octanol–water partition coefficient (Wildman–Crippen LogP) is 3.19. The van der Waals surface area contributed by atoms with E-state index in [2.05, 4.69) is 31.0 Å². The second kappa shape index (κ2) is 8.93. The van der Waals surface area contributed by atoms with E-state index in [1.165, 1.54) is 6.07 Å². The lowest BCUT2D eigenvalue weighted by Gasteiger charge is -2.31. The molecule has 0 amide bonds. The third kappa shape index (κ3) is 4.76. The van der Waals surface area contributed by atoms with E-state index in [1.54, 1.807) is 13.2 Å². The number of ether oxygens (including phenoxy) is 1. The fraction of sp³-hybridized carbons (Fsp3) is 0.625. The van der Waals surface area contributed by atoms with Crippen molar-refractivity contribution in [2.45, 2.75) is 39.8 Å². The molecule has 1 rings (SSSR count). The molecule has 20 heavy (non-hydrogen) atoms. The van der Waals surface area contributed by atoms with E-state index < -0.39 is 0 Å². The Hall–Kier alpha value is -1.13. The summed E-state index contributed by atoms with van der Waals surface area (Å²) in [6, 6.07) is 5.59. The quantitative estimate of drug-likeness (QED) is 0.704. The molecular formula is C16H27FN2O. The van der Waals surface area contributed by atoms with Gasteiger partial charge in [-0.2, -0.15) is 0 Å². The Morgan fingerprint density at radius 1 is 1.35 bits per heavy atom. The van der Waals surface area contributed by atoms with Crippen LogP contribution in [0.25, 0.3) is 0 Å². The molecule has 0 aliphatic rings. The lowest BCUT2D eigenvalue weighted by atomic mass is 10.1. The van der Waals surface area contributed by atoms with Gasteiger partial charge in [0.1, 0.15) is 5.82 Å². The Balaban J connectivity index is 2.97. The van der Waals surface area contributed by atoms with Gasteiger partial charge in [-0.05, 0) is 38.9 Å². The minimum Gasteiger partial charge on any atom is -0.383 e. The number of nitrogens with zero attached hydrogens (tertiary/aromatic N) is 1. The molecular weight excluding hydrogens is 255 g/mol. The van der Waals surface area contributed by atoms with Crippen LogP contribution in [0, 0.1) is 5.82 Å². The van der Waals surface area contributed by atoms with E-state index in [9.17, 15) is 4.39 Å². The molecule has 0 aromatic heterocycles. The normalized spacial score (nSPS) is 11.1. The van der Waals surface area contributed by atoms with Crippen molar-refractivity contribution in [2.24, 2.45) is 0 Å². The molecule has 1 aromatic rings. The highest BCUT2D eigenvalue weighted by atomic mass is 19.1. The summed E-state index contributed by atoms with van der Waals surface area (Å²) in [6.45, 7) is 9.19. The first kappa shape index (κ1) is 16.9. The Kier molecular flexibility index (Phi) is 7.55. The number of hydrogen-bond donors (Lipinski definition) is 1. The Morgan fingerprint density at radius 2 is 2.10 bits per heavy atom. The standard InChI is InChI=1S/C16H27FN2O/c1-5-9-18-12-14-15(17)7-6-8-16(14)19(13(2)3)10-11-20-4/h6-8,13,18H,5,9-12H2,1-4H3. The molecule has 4 heteroatoms. The molecule has 0 saturated carbocycles. The highest BCUT2D eigenvalue weighted by Gasteiger charge is 2.16. The van der Waals surface area contributed by atoms with Gasteiger partial charge in [0.25, 0.3) is 0 Å². The van der Waals surface area contributed by atoms with E-state index in [0.29, 0.717) is 19.2 Å². The first-order chi connectivity index (χ1) is 9.61. The number of rotatable bonds is 9. The molecule has 0 fully saturated rings. The topological polar surface area (TPSA) is 24.5 Å². The van der Waals surface area contributed by atoms with Gasteiger partial charge in [0.05, 0.1) is 6.61 Å². The molecule has 0 unspecified atom stereocenters. The van der Waals surface area contributed by atoms with Gasteiger partial charge in [-0.3, -0.25) is 0 Å². The van der Waals surface area contributed by atoms with Gasteiger partial charge in [-0.15, -0.1) is 0 Å². The largest absolute Gasteiger partial charge is 0.383 e. The lowest BCUT2D eigenvalue weighted by molar-refractivity contribution is 0.203. The fourth-order valence-corrected chi connectivity index (χ4v) is 2.23. The zero-order valence-electron chi connectivity index (χ0n) is 13.1. The highest BCUT2D eigenvalue weighted by Crippen LogP contribution is 2.25. The maximum Gasteiger partial charge on any atom is 0.129 e. The molecule has 0 atom stereocenters. The SMILES string of the molecule is CCCNCc1c(F)cccc1N(CCOC)C(C)C. The molecule has 0 radical (unpaired) electrons. The van der Waals surface area contributed by atoms with Crippen LogP contribution in [0.4, 0.5) is 10.1 Å². The summed E-state index contributed by atoms with van der Waals surface area (Å²) in [6.07, 6.45) is 1.04. The van der Waals surface area contributed by atoms with Crippen molar-refractivity contribution in [2.75, 3.05) is 31.7 Å². The summed E-state index contributed by atoms with van der Waals surface area (Å²) < 4.78 is 19.3. The maximum atomic E-state index is 14.1. The van der Waals surface area contributed by atoms with Gasteiger partial charge in [-0.25, -0.2) is 4.39 Å². The minimum absolute atomic E-state index is 0.144. The molecule has 0 bridgehead atoms. The Bertz CT molecular complexity index is 396. The van der Waals surface area contributed by atoms with Crippen molar-refractivity contribution < 1.29 is 9.13 Å². The second-order valence-corrected chi connectivity index (χ2v) is 5.19. The van der Waals surface area contributed by atoms with E-state index in [4.69, 9.17) is 4.74 Å². The number of halogens is 1. The first-order valence-corrected chi connectivity index (χ1v) is 7.35. The van der Waals surface area contributed by atoms with Gasteiger partial charge in [0.15, 0.2) is 0 Å².